The Morgan fingerprint density at radius 1 is 1.15 bits per heavy atom. The monoisotopic (exact) mass is 452 g/mol. The molecule has 0 aliphatic heterocycles. The Labute approximate surface area is 186 Å². The maximum absolute atomic E-state index is 14.2. The normalized spacial score (nSPS) is 10.8. The molecule has 0 saturated heterocycles. The number of benzene rings is 1. The molecule has 0 bridgehead atoms. The zero-order valence-corrected chi connectivity index (χ0v) is 17.2. The Balaban J connectivity index is 1.67. The average molecular weight is 452 g/mol. The van der Waals surface area contributed by atoms with E-state index in [9.17, 15) is 13.6 Å². The van der Waals surface area contributed by atoms with Crippen LogP contribution in [-0.2, 0) is 11.3 Å². The van der Waals surface area contributed by atoms with Gasteiger partial charge in [0.2, 0.25) is 0 Å². The second-order valence-corrected chi connectivity index (χ2v) is 7.06. The third-order valence-electron chi connectivity index (χ3n) is 4.67. The van der Waals surface area contributed by atoms with Gasteiger partial charge in [0.1, 0.15) is 23.5 Å². The summed E-state index contributed by atoms with van der Waals surface area (Å²) in [6.07, 6.45) is 2.31. The van der Waals surface area contributed by atoms with Gasteiger partial charge in [-0.15, -0.1) is 0 Å². The maximum Gasteiger partial charge on any atom is 0.303 e. The molecule has 0 amide bonds. The van der Waals surface area contributed by atoms with E-state index < -0.39 is 11.8 Å². The van der Waals surface area contributed by atoms with E-state index >= 15 is 0 Å². The van der Waals surface area contributed by atoms with Gasteiger partial charge in [0, 0.05) is 17.3 Å². The van der Waals surface area contributed by atoms with E-state index in [0.717, 1.165) is 6.20 Å². The third kappa shape index (κ3) is 5.09. The van der Waals surface area contributed by atoms with Crippen molar-refractivity contribution in [2.24, 2.45) is 0 Å². The number of carboxylic acid groups (broad SMARTS) is 1. The highest BCUT2D eigenvalue weighted by molar-refractivity contribution is 5.67. The lowest BCUT2D eigenvalue weighted by Crippen LogP contribution is -2.07. The minimum atomic E-state index is -0.998. The van der Waals surface area contributed by atoms with E-state index in [1.54, 1.807) is 30.3 Å². The summed E-state index contributed by atoms with van der Waals surface area (Å²) in [5.41, 5.74) is 1.98. The van der Waals surface area contributed by atoms with Crippen molar-refractivity contribution < 1.29 is 23.2 Å². The van der Waals surface area contributed by atoms with E-state index in [2.05, 4.69) is 32.1 Å². The highest BCUT2D eigenvalue weighted by Gasteiger charge is 2.18. The molecule has 9 nitrogen and oxygen atoms in total. The van der Waals surface area contributed by atoms with Gasteiger partial charge in [-0.2, -0.15) is 5.10 Å². The van der Waals surface area contributed by atoms with Crippen LogP contribution < -0.4 is 5.32 Å². The molecule has 0 radical (unpaired) electrons. The molecule has 4 rings (SSSR count). The van der Waals surface area contributed by atoms with Gasteiger partial charge < -0.3 is 14.9 Å². The number of hydrogen-bond donors (Lipinski definition) is 2. The van der Waals surface area contributed by atoms with Crippen LogP contribution in [0.2, 0.25) is 0 Å². The Hall–Kier alpha value is -4.41. The first-order valence-electron chi connectivity index (χ1n) is 9.82. The number of nitrogens with zero attached hydrogens (tertiary/aromatic N) is 5. The van der Waals surface area contributed by atoms with Crippen molar-refractivity contribution in [2.45, 2.75) is 19.4 Å². The minimum absolute atomic E-state index is 0.0989. The van der Waals surface area contributed by atoms with Crippen molar-refractivity contribution in [3.8, 4) is 22.9 Å². The van der Waals surface area contributed by atoms with E-state index in [4.69, 9.17) is 9.63 Å². The number of hydrogen-bond acceptors (Lipinski definition) is 7. The maximum atomic E-state index is 14.2. The lowest BCUT2D eigenvalue weighted by molar-refractivity contribution is -0.136. The molecular formula is C22H18F2N6O3. The van der Waals surface area contributed by atoms with Gasteiger partial charge in [0.25, 0.3) is 0 Å². The Kier molecular flexibility index (Phi) is 6.20. The second kappa shape index (κ2) is 9.39. The summed E-state index contributed by atoms with van der Waals surface area (Å²) in [6.45, 7) is 3.80. The van der Waals surface area contributed by atoms with Crippen molar-refractivity contribution in [3.05, 3.63) is 78.3 Å². The fraction of sp³-hybridized carbons (Fsp3) is 0.136. The zero-order chi connectivity index (χ0) is 23.4. The van der Waals surface area contributed by atoms with Crippen LogP contribution in [0, 0.1) is 11.6 Å². The highest BCUT2D eigenvalue weighted by atomic mass is 19.1. The first-order valence-corrected chi connectivity index (χ1v) is 9.82. The summed E-state index contributed by atoms with van der Waals surface area (Å²) in [6, 6.07) is 9.57. The number of carboxylic acids is 1. The summed E-state index contributed by atoms with van der Waals surface area (Å²) < 4.78 is 34.9. The second-order valence-electron chi connectivity index (χ2n) is 7.06. The van der Waals surface area contributed by atoms with Crippen molar-refractivity contribution in [1.29, 1.82) is 0 Å². The van der Waals surface area contributed by atoms with Crippen molar-refractivity contribution >= 4 is 11.8 Å². The van der Waals surface area contributed by atoms with Crippen LogP contribution in [-0.4, -0.2) is 36.0 Å². The first-order chi connectivity index (χ1) is 15.9. The molecule has 0 saturated carbocycles. The quantitative estimate of drug-likeness (QED) is 0.389. The molecule has 0 unspecified atom stereocenters. The van der Waals surface area contributed by atoms with Gasteiger partial charge in [-0.05, 0) is 18.6 Å². The molecule has 0 aliphatic rings. The molecule has 33 heavy (non-hydrogen) atoms. The average Bonchev–Trinajstić information content (AvgIpc) is 3.45. The number of aromatic nitrogens is 5. The van der Waals surface area contributed by atoms with Gasteiger partial charge in [-0.1, -0.05) is 29.9 Å². The molecule has 0 fully saturated rings. The van der Waals surface area contributed by atoms with Gasteiger partial charge in [-0.25, -0.2) is 18.7 Å². The third-order valence-corrected chi connectivity index (χ3v) is 4.67. The number of aliphatic carboxylic acids is 1. The summed E-state index contributed by atoms with van der Waals surface area (Å²) >= 11 is 0. The van der Waals surface area contributed by atoms with Crippen LogP contribution in [0.5, 0.6) is 0 Å². The first kappa shape index (κ1) is 21.8. The highest BCUT2D eigenvalue weighted by Crippen LogP contribution is 2.26. The fourth-order valence-corrected chi connectivity index (χ4v) is 3.05. The predicted octanol–water partition coefficient (Wildman–Crippen LogP) is 4.11. The minimum Gasteiger partial charge on any atom is -0.481 e. The number of anilines is 1. The van der Waals surface area contributed by atoms with Crippen LogP contribution in [0.3, 0.4) is 0 Å². The van der Waals surface area contributed by atoms with E-state index in [0.29, 0.717) is 22.6 Å². The number of nitrogens with one attached hydrogen (secondary N) is 1. The molecular weight excluding hydrogens is 434 g/mol. The topological polar surface area (TPSA) is 119 Å². The van der Waals surface area contributed by atoms with Crippen LogP contribution in [0.25, 0.3) is 22.9 Å². The molecule has 4 aromatic rings. The van der Waals surface area contributed by atoms with Gasteiger partial charge in [0.15, 0.2) is 17.5 Å². The van der Waals surface area contributed by atoms with E-state index in [1.807, 2.05) is 0 Å². The summed E-state index contributed by atoms with van der Waals surface area (Å²) in [4.78, 5) is 18.9. The van der Waals surface area contributed by atoms with E-state index in [1.165, 1.54) is 17.0 Å². The molecule has 1 aromatic carbocycles. The number of carbonyl (C=O) groups is 1. The Morgan fingerprint density at radius 3 is 2.70 bits per heavy atom. The van der Waals surface area contributed by atoms with Crippen LogP contribution in [0.1, 0.15) is 18.4 Å². The molecule has 168 valence electrons. The van der Waals surface area contributed by atoms with Gasteiger partial charge in [0.05, 0.1) is 24.9 Å². The number of allylic oxidation sites excluding steroid dienone is 1. The summed E-state index contributed by atoms with van der Waals surface area (Å²) in [5.74, 6) is -2.19. The van der Waals surface area contributed by atoms with Crippen molar-refractivity contribution in [3.63, 3.8) is 0 Å². The van der Waals surface area contributed by atoms with Crippen LogP contribution >= 0.6 is 0 Å². The lowest BCUT2D eigenvalue weighted by atomic mass is 10.2. The predicted molar refractivity (Wildman–Crippen MR) is 114 cm³/mol. The van der Waals surface area contributed by atoms with Crippen molar-refractivity contribution in [1.82, 2.24) is 24.9 Å². The van der Waals surface area contributed by atoms with Crippen LogP contribution in [0.15, 0.2) is 65.7 Å². The summed E-state index contributed by atoms with van der Waals surface area (Å²) in [5, 5.41) is 19.9. The van der Waals surface area contributed by atoms with Gasteiger partial charge >= 0.3 is 5.97 Å². The molecule has 3 aromatic heterocycles. The Bertz CT molecular complexity index is 1300. The lowest BCUT2D eigenvalue weighted by Gasteiger charge is -2.09. The molecule has 0 spiro atoms. The molecule has 2 N–H and O–H groups in total. The molecule has 0 atom stereocenters. The molecule has 3 heterocycles. The van der Waals surface area contributed by atoms with E-state index in [-0.39, 0.29) is 42.5 Å². The smallest absolute Gasteiger partial charge is 0.303 e. The number of rotatable bonds is 9. The number of halogens is 2. The molecule has 0 aliphatic carbocycles. The summed E-state index contributed by atoms with van der Waals surface area (Å²) in [7, 11) is 0. The SMILES string of the molecule is C=C(CCC(=O)O)Nc1nc(-c2cc(-c3ccon3)n(Cc3ccccc3F)n2)ncc1F. The van der Waals surface area contributed by atoms with Crippen molar-refractivity contribution in [2.75, 3.05) is 5.32 Å². The standard InChI is InChI=1S/C22H18F2N6O3/c1-13(6-7-20(31)32)26-21-16(24)11-25-22(27-21)18-10-19(17-8-9-33-29-17)30(28-18)12-14-4-2-3-5-15(14)23/h2-5,8-11H,1,6-7,12H2,(H,31,32)(H,25,26,27). The zero-order valence-electron chi connectivity index (χ0n) is 17.2. The Morgan fingerprint density at radius 2 is 1.97 bits per heavy atom. The largest absolute Gasteiger partial charge is 0.481 e. The van der Waals surface area contributed by atoms with Crippen LogP contribution in [0.4, 0.5) is 14.6 Å². The fourth-order valence-electron chi connectivity index (χ4n) is 3.05. The van der Waals surface area contributed by atoms with Gasteiger partial charge in [-0.3, -0.25) is 9.48 Å². The molecule has 11 heteroatoms.